The van der Waals surface area contributed by atoms with Crippen LogP contribution in [0.15, 0.2) is 0 Å². The molecule has 16 heavy (non-hydrogen) atoms. The number of aliphatic hydroxyl groups is 1. The third kappa shape index (κ3) is 3.79. The predicted octanol–water partition coefficient (Wildman–Crippen LogP) is -1.06. The van der Waals surface area contributed by atoms with Crippen LogP contribution >= 0.6 is 0 Å². The molecule has 1 aliphatic rings. The monoisotopic (exact) mass is 230 g/mol. The van der Waals surface area contributed by atoms with Gasteiger partial charge in [-0.1, -0.05) is 0 Å². The molecular formula is C10H18N2O4. The van der Waals surface area contributed by atoms with Crippen molar-refractivity contribution in [3.05, 3.63) is 0 Å². The van der Waals surface area contributed by atoms with Gasteiger partial charge in [0.25, 0.3) is 0 Å². The molecule has 1 rings (SSSR count). The highest BCUT2D eigenvalue weighted by molar-refractivity contribution is 5.80. The van der Waals surface area contributed by atoms with Crippen molar-refractivity contribution in [3.63, 3.8) is 0 Å². The molecule has 4 N–H and O–H groups in total. The molecule has 0 aromatic carbocycles. The highest BCUT2D eigenvalue weighted by Gasteiger charge is 2.30. The lowest BCUT2D eigenvalue weighted by atomic mass is 10.0. The van der Waals surface area contributed by atoms with Crippen LogP contribution in [0, 0.1) is 5.92 Å². The highest BCUT2D eigenvalue weighted by atomic mass is 16.4. The van der Waals surface area contributed by atoms with E-state index in [1.807, 2.05) is 0 Å². The molecule has 0 saturated carbocycles. The molecule has 2 atom stereocenters. The lowest BCUT2D eigenvalue weighted by Crippen LogP contribution is -2.46. The molecule has 1 heterocycles. The van der Waals surface area contributed by atoms with Crippen LogP contribution in [-0.4, -0.2) is 47.3 Å². The smallest absolute Gasteiger partial charge is 0.337 e. The van der Waals surface area contributed by atoms with Crippen LogP contribution in [-0.2, 0) is 9.59 Å². The molecule has 0 aromatic heterocycles. The summed E-state index contributed by atoms with van der Waals surface area (Å²) < 4.78 is 0. The van der Waals surface area contributed by atoms with Crippen molar-refractivity contribution in [1.82, 2.24) is 10.6 Å². The fourth-order valence-corrected chi connectivity index (χ4v) is 1.57. The van der Waals surface area contributed by atoms with Crippen molar-refractivity contribution in [2.75, 3.05) is 19.6 Å². The second kappa shape index (κ2) is 5.27. The highest BCUT2D eigenvalue weighted by Crippen LogP contribution is 2.11. The van der Waals surface area contributed by atoms with Gasteiger partial charge in [0.05, 0.1) is 6.54 Å². The van der Waals surface area contributed by atoms with E-state index in [9.17, 15) is 14.7 Å². The maximum atomic E-state index is 11.4. The first kappa shape index (κ1) is 12.9. The Morgan fingerprint density at radius 2 is 2.25 bits per heavy atom. The van der Waals surface area contributed by atoms with Gasteiger partial charge in [-0.15, -0.1) is 0 Å². The fraction of sp³-hybridized carbons (Fsp3) is 0.800. The Hall–Kier alpha value is -1.14. The zero-order valence-electron chi connectivity index (χ0n) is 9.32. The van der Waals surface area contributed by atoms with Crippen LogP contribution in [0.1, 0.15) is 19.8 Å². The van der Waals surface area contributed by atoms with Gasteiger partial charge in [-0.25, -0.2) is 4.79 Å². The summed E-state index contributed by atoms with van der Waals surface area (Å²) in [6, 6.07) is 0. The van der Waals surface area contributed by atoms with Crippen molar-refractivity contribution in [1.29, 1.82) is 0 Å². The fourth-order valence-electron chi connectivity index (χ4n) is 1.57. The second-order valence-electron chi connectivity index (χ2n) is 4.42. The molecule has 1 saturated heterocycles. The summed E-state index contributed by atoms with van der Waals surface area (Å²) in [5.41, 5.74) is -1.90. The standard InChI is InChI=1S/C10H18N2O4/c1-10(16,9(14)15)6-12-8(13)4-7-2-3-11-5-7/h7,11,16H,2-6H2,1H3,(H,12,13)(H,14,15). The Morgan fingerprint density at radius 1 is 1.56 bits per heavy atom. The van der Waals surface area contributed by atoms with Crippen molar-refractivity contribution in [2.45, 2.75) is 25.4 Å². The molecule has 1 amide bonds. The Balaban J connectivity index is 2.26. The minimum Gasteiger partial charge on any atom is -0.479 e. The molecule has 6 heteroatoms. The zero-order chi connectivity index (χ0) is 12.2. The first-order valence-electron chi connectivity index (χ1n) is 5.35. The van der Waals surface area contributed by atoms with Gasteiger partial charge in [0.1, 0.15) is 0 Å². The summed E-state index contributed by atoms with van der Waals surface area (Å²) in [6.45, 7) is 2.64. The summed E-state index contributed by atoms with van der Waals surface area (Å²) in [6.07, 6.45) is 1.34. The Morgan fingerprint density at radius 3 is 2.75 bits per heavy atom. The summed E-state index contributed by atoms with van der Waals surface area (Å²) >= 11 is 0. The number of carbonyl (C=O) groups excluding carboxylic acids is 1. The van der Waals surface area contributed by atoms with Gasteiger partial charge in [0.2, 0.25) is 5.91 Å². The van der Waals surface area contributed by atoms with Crippen molar-refractivity contribution in [3.8, 4) is 0 Å². The molecule has 0 bridgehead atoms. The number of carbonyl (C=O) groups is 2. The quantitative estimate of drug-likeness (QED) is 0.482. The third-order valence-corrected chi connectivity index (χ3v) is 2.73. The van der Waals surface area contributed by atoms with E-state index in [0.717, 1.165) is 26.4 Å². The van der Waals surface area contributed by atoms with E-state index in [-0.39, 0.29) is 12.5 Å². The molecule has 0 radical (unpaired) electrons. The van der Waals surface area contributed by atoms with E-state index in [1.165, 1.54) is 0 Å². The number of carboxylic acid groups (broad SMARTS) is 1. The van der Waals surface area contributed by atoms with Crippen LogP contribution in [0.4, 0.5) is 0 Å². The SMILES string of the molecule is CC(O)(CNC(=O)CC1CCNC1)C(=O)O. The van der Waals surface area contributed by atoms with Gasteiger partial charge in [0, 0.05) is 6.42 Å². The molecule has 92 valence electrons. The zero-order valence-corrected chi connectivity index (χ0v) is 9.32. The lowest BCUT2D eigenvalue weighted by molar-refractivity contribution is -0.156. The molecule has 2 unspecified atom stereocenters. The molecule has 6 nitrogen and oxygen atoms in total. The minimum absolute atomic E-state index is 0.213. The lowest BCUT2D eigenvalue weighted by Gasteiger charge is -2.18. The normalized spacial score (nSPS) is 23.8. The van der Waals surface area contributed by atoms with Crippen molar-refractivity contribution >= 4 is 11.9 Å². The van der Waals surface area contributed by atoms with E-state index in [4.69, 9.17) is 5.11 Å². The summed E-state index contributed by atoms with van der Waals surface area (Å²) in [7, 11) is 0. The molecule has 0 aromatic rings. The van der Waals surface area contributed by atoms with Gasteiger partial charge in [-0.2, -0.15) is 0 Å². The minimum atomic E-state index is -1.90. The number of amides is 1. The third-order valence-electron chi connectivity index (χ3n) is 2.73. The van der Waals surface area contributed by atoms with Crippen LogP contribution < -0.4 is 10.6 Å². The van der Waals surface area contributed by atoms with Crippen molar-refractivity contribution < 1.29 is 19.8 Å². The van der Waals surface area contributed by atoms with E-state index < -0.39 is 11.6 Å². The van der Waals surface area contributed by atoms with E-state index in [0.29, 0.717) is 12.3 Å². The molecular weight excluding hydrogens is 212 g/mol. The first-order valence-corrected chi connectivity index (χ1v) is 5.35. The van der Waals surface area contributed by atoms with Gasteiger partial charge in [0.15, 0.2) is 5.60 Å². The number of hydrogen-bond acceptors (Lipinski definition) is 4. The van der Waals surface area contributed by atoms with Crippen LogP contribution in [0.5, 0.6) is 0 Å². The van der Waals surface area contributed by atoms with E-state index in [1.54, 1.807) is 0 Å². The molecule has 1 fully saturated rings. The molecule has 0 aliphatic carbocycles. The van der Waals surface area contributed by atoms with E-state index >= 15 is 0 Å². The number of rotatable bonds is 5. The number of aliphatic carboxylic acids is 1. The molecule has 1 aliphatic heterocycles. The average molecular weight is 230 g/mol. The van der Waals surface area contributed by atoms with Gasteiger partial charge in [-0.05, 0) is 32.4 Å². The first-order chi connectivity index (χ1) is 7.42. The second-order valence-corrected chi connectivity index (χ2v) is 4.42. The predicted molar refractivity (Wildman–Crippen MR) is 56.9 cm³/mol. The summed E-state index contributed by atoms with van der Waals surface area (Å²) in [4.78, 5) is 22.0. The largest absolute Gasteiger partial charge is 0.479 e. The van der Waals surface area contributed by atoms with Crippen molar-refractivity contribution in [2.24, 2.45) is 5.92 Å². The Bertz CT molecular complexity index is 272. The number of hydrogen-bond donors (Lipinski definition) is 4. The van der Waals surface area contributed by atoms with Gasteiger partial charge in [-0.3, -0.25) is 4.79 Å². The van der Waals surface area contributed by atoms with E-state index in [2.05, 4.69) is 10.6 Å². The topological polar surface area (TPSA) is 98.7 Å². The number of carboxylic acids is 1. The van der Waals surface area contributed by atoms with Gasteiger partial charge >= 0.3 is 5.97 Å². The average Bonchev–Trinajstić information content (AvgIpc) is 2.67. The Labute approximate surface area is 94.0 Å². The maximum Gasteiger partial charge on any atom is 0.337 e. The maximum absolute atomic E-state index is 11.4. The van der Waals surface area contributed by atoms with Gasteiger partial charge < -0.3 is 20.8 Å². The Kier molecular flexibility index (Phi) is 4.26. The summed E-state index contributed by atoms with van der Waals surface area (Å²) in [5.74, 6) is -1.24. The number of nitrogens with one attached hydrogen (secondary N) is 2. The van der Waals surface area contributed by atoms with Crippen LogP contribution in [0.3, 0.4) is 0 Å². The van der Waals surface area contributed by atoms with Crippen LogP contribution in [0.25, 0.3) is 0 Å². The molecule has 0 spiro atoms. The van der Waals surface area contributed by atoms with Crippen LogP contribution in [0.2, 0.25) is 0 Å². The summed E-state index contributed by atoms with van der Waals surface area (Å²) in [5, 5.41) is 23.6.